The molecule has 0 N–H and O–H groups in total. The van der Waals surface area contributed by atoms with Crippen LogP contribution in [0.4, 0.5) is 0 Å². The molecule has 0 radical (unpaired) electrons. The largest absolute Gasteiger partial charge is 0.0795 e. The lowest BCUT2D eigenvalue weighted by Crippen LogP contribution is -2.16. The van der Waals surface area contributed by atoms with Gasteiger partial charge >= 0.3 is 0 Å². The zero-order chi connectivity index (χ0) is 34.3. The first kappa shape index (κ1) is 29.9. The molecule has 50 heavy (non-hydrogen) atoms. The molecule has 3 aliphatic rings. The predicted molar refractivity (Wildman–Crippen MR) is 216 cm³/mol. The molecule has 0 heteroatoms. The second-order valence-electron chi connectivity index (χ2n) is 17.3. The van der Waals surface area contributed by atoms with E-state index in [-0.39, 0.29) is 16.2 Å². The van der Waals surface area contributed by atoms with E-state index in [0.29, 0.717) is 0 Å². The molecule has 0 bridgehead atoms. The summed E-state index contributed by atoms with van der Waals surface area (Å²) in [4.78, 5) is 0. The summed E-state index contributed by atoms with van der Waals surface area (Å²) in [7, 11) is 0. The first-order chi connectivity index (χ1) is 23.9. The summed E-state index contributed by atoms with van der Waals surface area (Å²) in [5.41, 5.74) is 18.1. The molecule has 0 atom stereocenters. The summed E-state index contributed by atoms with van der Waals surface area (Å²) in [5.74, 6) is 0. The molecule has 0 saturated carbocycles. The topological polar surface area (TPSA) is 0 Å². The monoisotopic (exact) mass is 644 g/mol. The van der Waals surface area contributed by atoms with Crippen LogP contribution in [0.1, 0.15) is 89.1 Å². The van der Waals surface area contributed by atoms with Crippen LogP contribution in [-0.4, -0.2) is 0 Å². The van der Waals surface area contributed by atoms with Crippen molar-refractivity contribution in [2.24, 2.45) is 0 Å². The quantitative estimate of drug-likeness (QED) is 0.164. The van der Waals surface area contributed by atoms with Gasteiger partial charge < -0.3 is 0 Å². The van der Waals surface area contributed by atoms with Crippen LogP contribution in [0.5, 0.6) is 0 Å². The maximum absolute atomic E-state index is 2.49. The van der Waals surface area contributed by atoms with E-state index in [0.717, 1.165) is 12.8 Å². The summed E-state index contributed by atoms with van der Waals surface area (Å²) in [6.07, 6.45) is 7.23. The smallest absolute Gasteiger partial charge is 0.0159 e. The fourth-order valence-electron chi connectivity index (χ4n) is 9.73. The maximum Gasteiger partial charge on any atom is 0.0159 e. The summed E-state index contributed by atoms with van der Waals surface area (Å²) in [6, 6.07) is 40.4. The molecule has 10 rings (SSSR count). The van der Waals surface area contributed by atoms with Gasteiger partial charge in [-0.2, -0.15) is 0 Å². The van der Waals surface area contributed by atoms with Crippen molar-refractivity contribution in [1.82, 2.24) is 0 Å². The number of benzene rings is 7. The average molecular weight is 645 g/mol. The van der Waals surface area contributed by atoms with Gasteiger partial charge in [-0.15, -0.1) is 0 Å². The highest BCUT2D eigenvalue weighted by atomic mass is 14.4. The van der Waals surface area contributed by atoms with Crippen molar-refractivity contribution in [2.45, 2.75) is 77.6 Å². The second-order valence-corrected chi connectivity index (χ2v) is 17.3. The van der Waals surface area contributed by atoms with Gasteiger partial charge in [0.05, 0.1) is 0 Å². The summed E-state index contributed by atoms with van der Waals surface area (Å²) < 4.78 is 0. The van der Waals surface area contributed by atoms with E-state index < -0.39 is 0 Å². The Labute approximate surface area is 296 Å². The molecular weight excluding hydrogens is 601 g/mol. The van der Waals surface area contributed by atoms with E-state index in [4.69, 9.17) is 0 Å². The van der Waals surface area contributed by atoms with Crippen molar-refractivity contribution in [1.29, 1.82) is 0 Å². The van der Waals surface area contributed by atoms with Crippen LogP contribution < -0.4 is 0 Å². The molecule has 0 nitrogen and oxygen atoms in total. The molecule has 244 valence electrons. The molecule has 7 aromatic rings. The number of hydrogen-bond acceptors (Lipinski definition) is 0. The summed E-state index contributed by atoms with van der Waals surface area (Å²) in [6.45, 7) is 16.5. The van der Waals surface area contributed by atoms with E-state index in [1.165, 1.54) is 105 Å². The van der Waals surface area contributed by atoms with Gasteiger partial charge in [0.25, 0.3) is 0 Å². The van der Waals surface area contributed by atoms with Crippen molar-refractivity contribution in [3.05, 3.63) is 149 Å². The van der Waals surface area contributed by atoms with Gasteiger partial charge in [0.2, 0.25) is 0 Å². The Hall–Kier alpha value is -4.94. The maximum atomic E-state index is 2.49. The summed E-state index contributed by atoms with van der Waals surface area (Å²) >= 11 is 0. The summed E-state index contributed by atoms with van der Waals surface area (Å²) in [5, 5.41) is 8.10. The van der Waals surface area contributed by atoms with E-state index in [1.54, 1.807) is 0 Å². The highest BCUT2D eigenvalue weighted by molar-refractivity contribution is 6.25. The van der Waals surface area contributed by atoms with Gasteiger partial charge in [-0.3, -0.25) is 0 Å². The molecule has 0 fully saturated rings. The normalized spacial score (nSPS) is 17.1. The minimum absolute atomic E-state index is 0.0424. The van der Waals surface area contributed by atoms with Gasteiger partial charge in [0, 0.05) is 10.8 Å². The third-order valence-corrected chi connectivity index (χ3v) is 12.6. The molecular formula is C50H44. The molecule has 0 unspecified atom stereocenters. The van der Waals surface area contributed by atoms with Gasteiger partial charge in [0.15, 0.2) is 0 Å². The zero-order valence-corrected chi connectivity index (χ0v) is 30.4. The molecule has 0 amide bonds. The number of rotatable bonds is 2. The van der Waals surface area contributed by atoms with Crippen LogP contribution in [0.2, 0.25) is 0 Å². The Bertz CT molecular complexity index is 2640. The van der Waals surface area contributed by atoms with Crippen LogP contribution in [-0.2, 0) is 16.2 Å². The molecule has 0 spiro atoms. The van der Waals surface area contributed by atoms with Crippen molar-refractivity contribution in [3.63, 3.8) is 0 Å². The SMILES string of the molecule is CC(C)(C)c1cc2ccc3ccc(-c4ccc5c(c4)C(C)(C)c4cc(-c6ccc7c(c6)C(C)(C)C6=CCCC=C67)ccc4-5)c4ccc(c1)c2c34. The van der Waals surface area contributed by atoms with Crippen LogP contribution >= 0.6 is 0 Å². The van der Waals surface area contributed by atoms with Crippen molar-refractivity contribution < 1.29 is 0 Å². The third kappa shape index (κ3) is 4.00. The molecule has 0 heterocycles. The minimum Gasteiger partial charge on any atom is -0.0795 e. The molecule has 0 saturated heterocycles. The lowest BCUT2D eigenvalue weighted by molar-refractivity contribution is 0.591. The Kier molecular flexibility index (Phi) is 5.90. The highest BCUT2D eigenvalue weighted by Gasteiger charge is 2.39. The molecule has 7 aromatic carbocycles. The molecule has 3 aliphatic carbocycles. The van der Waals surface area contributed by atoms with Crippen LogP contribution in [0.3, 0.4) is 0 Å². The third-order valence-electron chi connectivity index (χ3n) is 12.6. The average Bonchev–Trinajstić information content (AvgIpc) is 3.48. The first-order valence-electron chi connectivity index (χ1n) is 18.5. The minimum atomic E-state index is -0.107. The Morgan fingerprint density at radius 2 is 0.980 bits per heavy atom. The number of allylic oxidation sites excluding steroid dienone is 4. The lowest BCUT2D eigenvalue weighted by Gasteiger charge is -2.24. The van der Waals surface area contributed by atoms with Gasteiger partial charge in [-0.05, 0) is 141 Å². The predicted octanol–water partition coefficient (Wildman–Crippen LogP) is 13.9. The lowest BCUT2D eigenvalue weighted by atomic mass is 9.79. The van der Waals surface area contributed by atoms with E-state index in [2.05, 4.69) is 164 Å². The van der Waals surface area contributed by atoms with Crippen LogP contribution in [0.25, 0.3) is 71.3 Å². The van der Waals surface area contributed by atoms with Gasteiger partial charge in [-0.1, -0.05) is 146 Å². The van der Waals surface area contributed by atoms with Gasteiger partial charge in [-0.25, -0.2) is 0 Å². The van der Waals surface area contributed by atoms with E-state index in [1.807, 2.05) is 0 Å². The first-order valence-corrected chi connectivity index (χ1v) is 18.5. The number of hydrogen-bond donors (Lipinski definition) is 0. The molecule has 0 aliphatic heterocycles. The fraction of sp³-hybridized carbons (Fsp3) is 0.240. The fourth-order valence-corrected chi connectivity index (χ4v) is 9.73. The Balaban J connectivity index is 1.07. The van der Waals surface area contributed by atoms with Crippen LogP contribution in [0, 0.1) is 0 Å². The molecule has 0 aromatic heterocycles. The van der Waals surface area contributed by atoms with Gasteiger partial charge in [0.1, 0.15) is 0 Å². The Morgan fingerprint density at radius 1 is 0.460 bits per heavy atom. The zero-order valence-electron chi connectivity index (χ0n) is 30.4. The van der Waals surface area contributed by atoms with E-state index >= 15 is 0 Å². The van der Waals surface area contributed by atoms with E-state index in [9.17, 15) is 0 Å². The van der Waals surface area contributed by atoms with Crippen molar-refractivity contribution in [2.75, 3.05) is 0 Å². The Morgan fingerprint density at radius 3 is 1.66 bits per heavy atom. The van der Waals surface area contributed by atoms with Crippen LogP contribution in [0.15, 0.2) is 121 Å². The van der Waals surface area contributed by atoms with Crippen molar-refractivity contribution in [3.8, 4) is 33.4 Å². The second kappa shape index (κ2) is 9.85. The standard InChI is InChI=1S/C50H44/c1-48(2,3)35-24-33-13-12-29-14-19-36(41-23-18-34(25-35)46(33)47(29)41)32-17-22-40-39-21-16-31(27-44(39)50(6,7)45(40)28-32)30-15-20-38-37-10-8-9-11-42(37)49(4,5)43(38)26-30/h10-28H,8-9H2,1-7H3. The van der Waals surface area contributed by atoms with Crippen molar-refractivity contribution >= 4 is 37.9 Å². The number of fused-ring (bicyclic) bond motifs is 6. The highest BCUT2D eigenvalue weighted by Crippen LogP contribution is 2.54.